The van der Waals surface area contributed by atoms with Crippen molar-refractivity contribution >= 4 is 12.0 Å². The minimum Gasteiger partial charge on any atom is -0.460 e. The first kappa shape index (κ1) is 13.8. The molecule has 1 aliphatic rings. The molecular formula is C14H21N3O2. The summed E-state index contributed by atoms with van der Waals surface area (Å²) in [5.41, 5.74) is 0.700. The zero-order valence-corrected chi connectivity index (χ0v) is 11.6. The van der Waals surface area contributed by atoms with Crippen LogP contribution in [0.5, 0.6) is 0 Å². The highest BCUT2D eigenvalue weighted by atomic mass is 16.5. The molecule has 0 saturated heterocycles. The average Bonchev–Trinajstić information content (AvgIpc) is 2.85. The molecule has 0 atom stereocenters. The third kappa shape index (κ3) is 4.19. The van der Waals surface area contributed by atoms with Crippen LogP contribution < -0.4 is 0 Å². The lowest BCUT2D eigenvalue weighted by Gasteiger charge is -2.20. The highest BCUT2D eigenvalue weighted by Crippen LogP contribution is 2.27. The van der Waals surface area contributed by atoms with Gasteiger partial charge in [0.25, 0.3) is 0 Å². The van der Waals surface area contributed by atoms with Crippen LogP contribution in [0, 0.1) is 0 Å². The minimum atomic E-state index is -0.345. The molecule has 0 amide bonds. The van der Waals surface area contributed by atoms with Gasteiger partial charge in [0.1, 0.15) is 5.69 Å². The fourth-order valence-corrected chi connectivity index (χ4v) is 2.32. The Hall–Kier alpha value is -1.65. The normalized spacial score (nSPS) is 17.2. The van der Waals surface area contributed by atoms with Gasteiger partial charge in [-0.15, -0.1) is 5.10 Å². The Labute approximate surface area is 113 Å². The predicted molar refractivity (Wildman–Crippen MR) is 72.4 cm³/mol. The topological polar surface area (TPSA) is 57.0 Å². The van der Waals surface area contributed by atoms with Gasteiger partial charge >= 0.3 is 5.97 Å². The highest BCUT2D eigenvalue weighted by Gasteiger charge is 2.16. The number of nitrogens with zero attached hydrogens (tertiary/aromatic N) is 3. The van der Waals surface area contributed by atoms with E-state index < -0.39 is 0 Å². The summed E-state index contributed by atoms with van der Waals surface area (Å²) in [6, 6.07) is 0.464. The van der Waals surface area contributed by atoms with Gasteiger partial charge in [-0.1, -0.05) is 24.5 Å². The van der Waals surface area contributed by atoms with Crippen molar-refractivity contribution in [2.45, 2.75) is 58.1 Å². The molecule has 1 saturated carbocycles. The van der Waals surface area contributed by atoms with Gasteiger partial charge in [0, 0.05) is 6.08 Å². The first-order chi connectivity index (χ1) is 9.15. The van der Waals surface area contributed by atoms with Crippen LogP contribution in [0.4, 0.5) is 0 Å². The van der Waals surface area contributed by atoms with E-state index in [9.17, 15) is 4.79 Å². The van der Waals surface area contributed by atoms with E-state index in [0.29, 0.717) is 11.7 Å². The molecule has 0 N–H and O–H groups in total. The fourth-order valence-electron chi connectivity index (χ4n) is 2.32. The fraction of sp³-hybridized carbons (Fsp3) is 0.643. The Bertz CT molecular complexity index is 445. The van der Waals surface area contributed by atoms with Crippen molar-refractivity contribution in [3.63, 3.8) is 0 Å². The molecule has 0 aromatic carbocycles. The van der Waals surface area contributed by atoms with Gasteiger partial charge in [-0.3, -0.25) is 0 Å². The SMILES string of the molecule is CC(C)OC(=O)/C=C/c1cn(C2CCCCC2)nn1. The lowest BCUT2D eigenvalue weighted by Crippen LogP contribution is -2.13. The van der Waals surface area contributed by atoms with Gasteiger partial charge < -0.3 is 4.74 Å². The summed E-state index contributed by atoms with van der Waals surface area (Å²) in [7, 11) is 0. The molecule has 0 aliphatic heterocycles. The largest absolute Gasteiger partial charge is 0.460 e. The van der Waals surface area contributed by atoms with Crippen molar-refractivity contribution in [2.75, 3.05) is 0 Å². The van der Waals surface area contributed by atoms with E-state index >= 15 is 0 Å². The molecule has 19 heavy (non-hydrogen) atoms. The second-order valence-electron chi connectivity index (χ2n) is 5.23. The zero-order chi connectivity index (χ0) is 13.7. The molecule has 5 nitrogen and oxygen atoms in total. The molecule has 1 heterocycles. The van der Waals surface area contributed by atoms with Crippen molar-refractivity contribution in [2.24, 2.45) is 0 Å². The molecule has 2 rings (SSSR count). The van der Waals surface area contributed by atoms with Crippen LogP contribution in [-0.2, 0) is 9.53 Å². The van der Waals surface area contributed by atoms with E-state index in [0.717, 1.165) is 0 Å². The molecule has 1 aromatic rings. The van der Waals surface area contributed by atoms with E-state index in [-0.39, 0.29) is 12.1 Å². The Morgan fingerprint density at radius 2 is 2.16 bits per heavy atom. The van der Waals surface area contributed by atoms with Crippen molar-refractivity contribution < 1.29 is 9.53 Å². The predicted octanol–water partition coefficient (Wildman–Crippen LogP) is 2.75. The number of carbonyl (C=O) groups excluding carboxylic acids is 1. The number of hydrogen-bond donors (Lipinski definition) is 0. The van der Waals surface area contributed by atoms with E-state index in [1.165, 1.54) is 38.2 Å². The average molecular weight is 263 g/mol. The molecule has 0 bridgehead atoms. The Balaban J connectivity index is 1.93. The molecule has 1 aromatic heterocycles. The van der Waals surface area contributed by atoms with Gasteiger partial charge in [-0.25, -0.2) is 9.48 Å². The quantitative estimate of drug-likeness (QED) is 0.619. The summed E-state index contributed by atoms with van der Waals surface area (Å²) < 4.78 is 6.94. The van der Waals surface area contributed by atoms with Crippen molar-refractivity contribution in [3.05, 3.63) is 18.0 Å². The summed E-state index contributed by atoms with van der Waals surface area (Å²) in [5, 5.41) is 8.20. The molecule has 5 heteroatoms. The van der Waals surface area contributed by atoms with Crippen LogP contribution in [-0.4, -0.2) is 27.1 Å². The third-order valence-electron chi connectivity index (χ3n) is 3.22. The second-order valence-corrected chi connectivity index (χ2v) is 5.23. The van der Waals surface area contributed by atoms with Crippen LogP contribution in [0.25, 0.3) is 6.08 Å². The van der Waals surface area contributed by atoms with E-state index in [2.05, 4.69) is 10.3 Å². The molecule has 0 radical (unpaired) electrons. The van der Waals surface area contributed by atoms with Gasteiger partial charge in [0.2, 0.25) is 0 Å². The second kappa shape index (κ2) is 6.50. The van der Waals surface area contributed by atoms with Gasteiger partial charge in [-0.2, -0.15) is 0 Å². The number of esters is 1. The zero-order valence-electron chi connectivity index (χ0n) is 11.6. The van der Waals surface area contributed by atoms with Gasteiger partial charge in [0.15, 0.2) is 0 Å². The van der Waals surface area contributed by atoms with E-state index in [1.807, 2.05) is 24.7 Å². The lowest BCUT2D eigenvalue weighted by molar-refractivity contribution is -0.141. The van der Waals surface area contributed by atoms with Crippen LogP contribution in [0.15, 0.2) is 12.3 Å². The monoisotopic (exact) mass is 263 g/mol. The Morgan fingerprint density at radius 3 is 2.84 bits per heavy atom. The lowest BCUT2D eigenvalue weighted by atomic mass is 9.96. The van der Waals surface area contributed by atoms with Gasteiger partial charge in [0.05, 0.1) is 18.3 Å². The standard InChI is InChI=1S/C14H21N3O2/c1-11(2)19-14(18)9-8-12-10-17(16-15-12)13-6-4-3-5-7-13/h8-11,13H,3-7H2,1-2H3/b9-8+. The van der Waals surface area contributed by atoms with Crippen LogP contribution in [0.3, 0.4) is 0 Å². The summed E-state index contributed by atoms with van der Waals surface area (Å²) in [6.07, 6.45) is 11.0. The van der Waals surface area contributed by atoms with Crippen molar-refractivity contribution in [1.82, 2.24) is 15.0 Å². The maximum absolute atomic E-state index is 11.4. The molecule has 0 unspecified atom stereocenters. The smallest absolute Gasteiger partial charge is 0.331 e. The van der Waals surface area contributed by atoms with Crippen molar-refractivity contribution in [3.8, 4) is 0 Å². The minimum absolute atomic E-state index is 0.102. The highest BCUT2D eigenvalue weighted by molar-refractivity contribution is 5.86. The Morgan fingerprint density at radius 1 is 1.42 bits per heavy atom. The Kier molecular flexibility index (Phi) is 4.71. The number of rotatable bonds is 4. The summed E-state index contributed by atoms with van der Waals surface area (Å²) >= 11 is 0. The first-order valence-corrected chi connectivity index (χ1v) is 6.95. The summed E-state index contributed by atoms with van der Waals surface area (Å²) in [6.45, 7) is 3.65. The van der Waals surface area contributed by atoms with Crippen LogP contribution in [0.2, 0.25) is 0 Å². The molecule has 104 valence electrons. The number of ether oxygens (including phenoxy) is 1. The summed E-state index contributed by atoms with van der Waals surface area (Å²) in [4.78, 5) is 11.4. The maximum atomic E-state index is 11.4. The van der Waals surface area contributed by atoms with Crippen LogP contribution >= 0.6 is 0 Å². The van der Waals surface area contributed by atoms with Crippen molar-refractivity contribution in [1.29, 1.82) is 0 Å². The van der Waals surface area contributed by atoms with E-state index in [1.54, 1.807) is 6.08 Å². The van der Waals surface area contributed by atoms with Crippen LogP contribution in [0.1, 0.15) is 57.7 Å². The van der Waals surface area contributed by atoms with Gasteiger partial charge in [-0.05, 0) is 32.8 Å². The number of hydrogen-bond acceptors (Lipinski definition) is 4. The molecule has 1 aliphatic carbocycles. The molecule has 0 spiro atoms. The number of carbonyl (C=O) groups is 1. The maximum Gasteiger partial charge on any atom is 0.331 e. The van der Waals surface area contributed by atoms with E-state index in [4.69, 9.17) is 4.74 Å². The first-order valence-electron chi connectivity index (χ1n) is 6.95. The third-order valence-corrected chi connectivity index (χ3v) is 3.22. The molecule has 1 fully saturated rings. The molecular weight excluding hydrogens is 242 g/mol. The number of aromatic nitrogens is 3. The summed E-state index contributed by atoms with van der Waals surface area (Å²) in [5.74, 6) is -0.345.